The summed E-state index contributed by atoms with van der Waals surface area (Å²) in [6.07, 6.45) is 13.2. The number of nitrogens with one attached hydrogen (secondary N) is 2. The number of nitrogens with zero attached hydrogens (tertiary/aromatic N) is 10. The quantitative estimate of drug-likeness (QED) is 0.0192. The molecule has 2 aliphatic heterocycles. The summed E-state index contributed by atoms with van der Waals surface area (Å²) in [5.41, 5.74) is 22.3. The van der Waals surface area contributed by atoms with Gasteiger partial charge in [0.1, 0.15) is 75.6 Å². The number of aryl methyl sites for hydroxylation is 2. The number of fused-ring (bicyclic) bond motifs is 4. The molecule has 12 nitrogen and oxygen atoms in total. The van der Waals surface area contributed by atoms with Crippen LogP contribution in [0.4, 0.5) is 22.7 Å². The number of hydrogen-bond donors (Lipinski definition) is 2. The van der Waals surface area contributed by atoms with Gasteiger partial charge in [-0.25, -0.2) is 9.98 Å². The molecule has 0 fully saturated rings. The molecular weight excluding hydrogens is 1500 g/mol. The molecule has 10 aromatic carbocycles. The van der Waals surface area contributed by atoms with Crippen LogP contribution in [0.3, 0.4) is 0 Å². The van der Waals surface area contributed by atoms with Gasteiger partial charge in [0, 0.05) is 151 Å². The van der Waals surface area contributed by atoms with Crippen molar-refractivity contribution in [1.29, 1.82) is 0 Å². The lowest BCUT2D eigenvalue weighted by Gasteiger charge is -2.34. The average molecular weight is 1610 g/mol. The molecule has 2 aliphatic rings. The summed E-state index contributed by atoms with van der Waals surface area (Å²) in [5, 5.41) is 27.2. The van der Waals surface area contributed by atoms with Crippen molar-refractivity contribution in [2.75, 3.05) is 108 Å². The second-order valence-corrected chi connectivity index (χ2v) is 44.7. The summed E-state index contributed by atoms with van der Waals surface area (Å²) >= 11 is 0. The van der Waals surface area contributed by atoms with E-state index in [9.17, 15) is 0 Å². The molecule has 544 valence electrons. The van der Waals surface area contributed by atoms with E-state index in [0.29, 0.717) is 6.54 Å². The Balaban J connectivity index is 0.000000203. The van der Waals surface area contributed by atoms with Crippen LogP contribution in [0, 0.1) is 12.3 Å². The molecule has 0 unspecified atom stereocenters. The number of terminal acetylenes is 1. The van der Waals surface area contributed by atoms with E-state index in [4.69, 9.17) is 17.1 Å². The first-order valence-electron chi connectivity index (χ1n) is 36.3. The third kappa shape index (κ3) is 17.8. The number of hydrogen-bond acceptors (Lipinski definition) is 7. The number of halogens is 2. The molecule has 0 amide bonds. The number of benzene rings is 10. The Hall–Kier alpha value is -9.00. The zero-order chi connectivity index (χ0) is 73.4. The lowest BCUT2D eigenvalue weighted by atomic mass is 10.00. The third-order valence-corrected chi connectivity index (χ3v) is 36.5. The van der Waals surface area contributed by atoms with Crippen LogP contribution >= 0.6 is 14.5 Å². The van der Waals surface area contributed by atoms with Crippen LogP contribution < -0.4 is 116 Å². The van der Waals surface area contributed by atoms with Crippen LogP contribution in [-0.2, 0) is 13.0 Å². The molecule has 0 spiro atoms. The topological polar surface area (TPSA) is 120 Å². The minimum absolute atomic E-state index is 0. The van der Waals surface area contributed by atoms with Gasteiger partial charge in [-0.3, -0.25) is 4.68 Å². The number of anilines is 4. The van der Waals surface area contributed by atoms with Gasteiger partial charge in [0.05, 0.1) is 18.0 Å². The van der Waals surface area contributed by atoms with Crippen molar-refractivity contribution in [3.8, 4) is 12.3 Å². The zero-order valence-electron chi connectivity index (χ0n) is 63.6. The maximum absolute atomic E-state index is 8.50. The van der Waals surface area contributed by atoms with Crippen molar-refractivity contribution in [3.05, 3.63) is 299 Å². The highest BCUT2D eigenvalue weighted by Crippen LogP contribution is 2.57. The first-order chi connectivity index (χ1) is 50.3. The van der Waals surface area contributed by atoms with Crippen LogP contribution in [0.25, 0.3) is 10.4 Å². The van der Waals surface area contributed by atoms with Gasteiger partial charge < -0.3 is 53.6 Å². The van der Waals surface area contributed by atoms with Gasteiger partial charge in [0.25, 0.3) is 0 Å². The van der Waals surface area contributed by atoms with Gasteiger partial charge in [-0.2, -0.15) is 0 Å². The Kier molecular flexibility index (Phi) is 28.3. The molecule has 2 N–H and O–H groups in total. The lowest BCUT2D eigenvalue weighted by Crippen LogP contribution is -3.00. The van der Waals surface area contributed by atoms with Gasteiger partial charge >= 0.3 is 0 Å². The van der Waals surface area contributed by atoms with Crippen LogP contribution in [-0.4, -0.2) is 131 Å². The molecular formula is C88H102Br2N12P2Si2+2. The SMILES string of the molecule is C#CCC[P+](c1ccccc1)(c1ccccc1)c1ccccc1.CN(C)c1ccc2c(c1)[Si](C)(C)c1cc(N(C)C)ccc1C2=[NH+]CCCN=[N+]=[N-].CN(C)c1ccc2c(c1)[Si](C)(C)c1cc(N(C)C)ccc1C2=[NH+]CCCn1cc(CC[P+](c2ccccc2)(c2ccccc2)c2ccccc2)nn1.[Br-].[Br-]. The van der Waals surface area contributed by atoms with Crippen molar-refractivity contribution in [2.24, 2.45) is 5.11 Å². The van der Waals surface area contributed by atoms with E-state index in [1.54, 1.807) is 0 Å². The molecule has 0 aliphatic carbocycles. The fraction of sp³-hybridized carbons (Fsp3) is 0.250. The van der Waals surface area contributed by atoms with E-state index < -0.39 is 30.7 Å². The zero-order valence-corrected chi connectivity index (χ0v) is 70.6. The van der Waals surface area contributed by atoms with Gasteiger partial charge in [-0.15, -0.1) is 17.4 Å². The number of aromatic nitrogens is 3. The van der Waals surface area contributed by atoms with Gasteiger partial charge in [-0.1, -0.05) is 146 Å². The minimum atomic E-state index is -1.95. The lowest BCUT2D eigenvalue weighted by molar-refractivity contribution is -0.456. The largest absolute Gasteiger partial charge is 1.00 e. The van der Waals surface area contributed by atoms with E-state index in [-0.39, 0.29) is 34.0 Å². The van der Waals surface area contributed by atoms with Crippen LogP contribution in [0.1, 0.15) is 47.2 Å². The molecule has 106 heavy (non-hydrogen) atoms. The Bertz CT molecular complexity index is 4530. The summed E-state index contributed by atoms with van der Waals surface area (Å²) in [6, 6.07) is 93.5. The van der Waals surface area contributed by atoms with E-state index in [2.05, 4.69) is 394 Å². The second-order valence-electron chi connectivity index (χ2n) is 28.8. The molecule has 13 rings (SSSR count). The molecule has 0 atom stereocenters. The van der Waals surface area contributed by atoms with Crippen LogP contribution in [0.5, 0.6) is 0 Å². The van der Waals surface area contributed by atoms with Gasteiger partial charge in [0.2, 0.25) is 11.4 Å². The minimum Gasteiger partial charge on any atom is -1.00 e. The molecule has 0 radical (unpaired) electrons. The van der Waals surface area contributed by atoms with Crippen molar-refractivity contribution in [3.63, 3.8) is 0 Å². The van der Waals surface area contributed by atoms with Crippen LogP contribution in [0.15, 0.2) is 266 Å². The number of azide groups is 1. The molecule has 11 aromatic rings. The first-order valence-corrected chi connectivity index (χ1v) is 46.2. The Morgan fingerprint density at radius 2 is 0.745 bits per heavy atom. The predicted molar refractivity (Wildman–Crippen MR) is 455 cm³/mol. The summed E-state index contributed by atoms with van der Waals surface area (Å²) in [4.78, 5) is 19.2. The summed E-state index contributed by atoms with van der Waals surface area (Å²) in [7, 11) is 9.43. The maximum Gasteiger partial charge on any atom is 0.212 e. The van der Waals surface area contributed by atoms with E-state index in [0.717, 1.165) is 63.3 Å². The summed E-state index contributed by atoms with van der Waals surface area (Å²) in [6.45, 7) is 12.8. The highest BCUT2D eigenvalue weighted by molar-refractivity contribution is 7.96. The first kappa shape index (κ1) is 81.1. The summed E-state index contributed by atoms with van der Waals surface area (Å²) < 4.78 is 2.03. The fourth-order valence-corrected chi connectivity index (χ4v) is 29.4. The monoisotopic (exact) mass is 1600 g/mol. The highest BCUT2D eigenvalue weighted by atomic mass is 79.9. The Labute approximate surface area is 654 Å². The molecule has 0 bridgehead atoms. The number of rotatable bonds is 23. The molecule has 18 heteroatoms. The molecule has 3 heterocycles. The molecule has 1 aromatic heterocycles. The van der Waals surface area contributed by atoms with Crippen LogP contribution in [0.2, 0.25) is 26.2 Å². The third-order valence-electron chi connectivity index (χ3n) is 20.6. The van der Waals surface area contributed by atoms with Gasteiger partial charge in [0.15, 0.2) is 0 Å². The smallest absolute Gasteiger partial charge is 0.212 e. The predicted octanol–water partition coefficient (Wildman–Crippen LogP) is 3.68. The Morgan fingerprint density at radius 1 is 0.443 bits per heavy atom. The van der Waals surface area contributed by atoms with Crippen molar-refractivity contribution in [2.45, 2.75) is 58.4 Å². The average Bonchev–Trinajstić information content (AvgIpc) is 0.741. The Morgan fingerprint density at radius 3 is 1.04 bits per heavy atom. The normalized spacial score (nSPS) is 12.7. The highest BCUT2D eigenvalue weighted by Gasteiger charge is 2.47. The van der Waals surface area contributed by atoms with Gasteiger partial charge in [-0.05, 0) is 172 Å². The van der Waals surface area contributed by atoms with E-state index in [1.165, 1.54) is 109 Å². The van der Waals surface area contributed by atoms with E-state index >= 15 is 0 Å². The van der Waals surface area contributed by atoms with Crippen molar-refractivity contribution in [1.82, 2.24) is 15.0 Å². The standard InChI is InChI=1S/C44H50N6PSi.C22H30N6Si.C22H20P.2BrH/c1-48(2)35-23-25-40-42(31-35)52(5,6)43-32-36(49(3)4)24-26-41(43)44(40)45-28-16-29-50-33-34(46-47-50)27-30-51(37-17-10-7-11-18-37,38-19-12-8-13-20-38)39-21-14-9-15-22-39;1-27(2)16-8-10-18-20(14-16)29(5,6)21-15-17(28(3)4)9-11-19(21)22(18)24-12-7-13-25-26-23;1-2-3-19-23(20-13-7-4-8-14-20,21-15-9-5-10-16-21)22-17-11-6-12-18-22;;/h7-15,17-26,31-33H,16,27-30H2,1-6H3;8-11,14-15H,7,12-13H2,1-6H3;1,4-18H,3,19H2;2*1H/q+1;;+1;;. The van der Waals surface area contributed by atoms with Crippen molar-refractivity contribution < 1.29 is 43.9 Å². The fourth-order valence-electron chi connectivity index (χ4n) is 14.8. The second kappa shape index (κ2) is 37.0. The molecule has 0 saturated carbocycles. The van der Waals surface area contributed by atoms with Crippen molar-refractivity contribution >= 4 is 117 Å². The maximum atomic E-state index is 8.50. The molecule has 0 saturated heterocycles. The van der Waals surface area contributed by atoms with E-state index in [1.807, 2.05) is 4.68 Å². The summed E-state index contributed by atoms with van der Waals surface area (Å²) in [5.74, 6) is 2.86.